The SMILES string of the molecule is CC1CCCC(P(C)C2CCCCC2)CC1. The van der Waals surface area contributed by atoms with Crippen molar-refractivity contribution in [2.45, 2.75) is 82.4 Å². The molecular formula is C15H29P. The lowest BCUT2D eigenvalue weighted by Crippen LogP contribution is -2.17. The predicted octanol–water partition coefficient (Wildman–Crippen LogP) is 5.40. The van der Waals surface area contributed by atoms with Gasteiger partial charge in [-0.25, -0.2) is 0 Å². The van der Waals surface area contributed by atoms with Gasteiger partial charge in [0.1, 0.15) is 0 Å². The normalized spacial score (nSPS) is 35.6. The van der Waals surface area contributed by atoms with E-state index < -0.39 is 0 Å². The van der Waals surface area contributed by atoms with Crippen molar-refractivity contribution in [2.24, 2.45) is 5.92 Å². The molecule has 2 saturated carbocycles. The lowest BCUT2D eigenvalue weighted by atomic mass is 10.0. The molecule has 16 heavy (non-hydrogen) atoms. The van der Waals surface area contributed by atoms with Crippen molar-refractivity contribution in [2.75, 3.05) is 6.66 Å². The molecule has 2 fully saturated rings. The first-order valence-corrected chi connectivity index (χ1v) is 9.42. The molecule has 0 amide bonds. The Hall–Kier alpha value is 0.430. The van der Waals surface area contributed by atoms with Crippen LogP contribution in [-0.4, -0.2) is 18.0 Å². The van der Waals surface area contributed by atoms with Crippen molar-refractivity contribution in [3.8, 4) is 0 Å². The molecule has 0 saturated heterocycles. The Bertz CT molecular complexity index is 196. The molecule has 0 nitrogen and oxygen atoms in total. The second-order valence-corrected chi connectivity index (χ2v) is 9.02. The van der Waals surface area contributed by atoms with Crippen LogP contribution in [-0.2, 0) is 0 Å². The molecule has 0 N–H and O–H groups in total. The molecule has 0 bridgehead atoms. The van der Waals surface area contributed by atoms with Crippen molar-refractivity contribution in [3.05, 3.63) is 0 Å². The van der Waals surface area contributed by atoms with E-state index in [9.17, 15) is 0 Å². The highest BCUT2D eigenvalue weighted by Crippen LogP contribution is 2.52. The maximum absolute atomic E-state index is 2.63. The van der Waals surface area contributed by atoms with Crippen LogP contribution in [0.1, 0.15) is 71.1 Å². The van der Waals surface area contributed by atoms with Gasteiger partial charge in [-0.1, -0.05) is 45.4 Å². The molecule has 1 heteroatoms. The molecule has 2 aliphatic rings. The summed E-state index contributed by atoms with van der Waals surface area (Å²) >= 11 is 0. The van der Waals surface area contributed by atoms with E-state index in [2.05, 4.69) is 13.6 Å². The third-order valence-corrected chi connectivity index (χ3v) is 8.29. The second-order valence-electron chi connectivity index (χ2n) is 6.22. The van der Waals surface area contributed by atoms with Gasteiger partial charge in [-0.15, -0.1) is 7.92 Å². The van der Waals surface area contributed by atoms with Crippen molar-refractivity contribution in [1.29, 1.82) is 0 Å². The summed E-state index contributed by atoms with van der Waals surface area (Å²) in [5, 5.41) is 0. The zero-order valence-electron chi connectivity index (χ0n) is 11.3. The minimum atomic E-state index is 0.347. The van der Waals surface area contributed by atoms with Crippen LogP contribution in [0.2, 0.25) is 0 Å². The third kappa shape index (κ3) is 3.46. The van der Waals surface area contributed by atoms with Gasteiger partial charge in [0.05, 0.1) is 0 Å². The summed E-state index contributed by atoms with van der Waals surface area (Å²) in [4.78, 5) is 0. The summed E-state index contributed by atoms with van der Waals surface area (Å²) in [6, 6.07) is 0. The first-order valence-electron chi connectivity index (χ1n) is 7.49. The van der Waals surface area contributed by atoms with Crippen LogP contribution in [0.3, 0.4) is 0 Å². The van der Waals surface area contributed by atoms with Gasteiger partial charge >= 0.3 is 0 Å². The van der Waals surface area contributed by atoms with Crippen LogP contribution >= 0.6 is 7.92 Å². The summed E-state index contributed by atoms with van der Waals surface area (Å²) in [7, 11) is 0.347. The monoisotopic (exact) mass is 240 g/mol. The molecule has 2 rings (SSSR count). The first kappa shape index (κ1) is 12.9. The average Bonchev–Trinajstić information content (AvgIpc) is 2.54. The minimum Gasteiger partial charge on any atom is -0.104 e. The van der Waals surface area contributed by atoms with Gasteiger partial charge in [-0.2, -0.15) is 0 Å². The van der Waals surface area contributed by atoms with Crippen molar-refractivity contribution in [1.82, 2.24) is 0 Å². The van der Waals surface area contributed by atoms with E-state index in [1.807, 2.05) is 0 Å². The molecule has 0 aliphatic heterocycles. The Morgan fingerprint density at radius 3 is 2.06 bits per heavy atom. The van der Waals surface area contributed by atoms with Crippen LogP contribution in [0.4, 0.5) is 0 Å². The fraction of sp³-hybridized carbons (Fsp3) is 1.00. The van der Waals surface area contributed by atoms with Gasteiger partial charge in [0.2, 0.25) is 0 Å². The molecule has 0 radical (unpaired) electrons. The lowest BCUT2D eigenvalue weighted by molar-refractivity contribution is 0.501. The van der Waals surface area contributed by atoms with E-state index in [4.69, 9.17) is 0 Å². The lowest BCUT2D eigenvalue weighted by Gasteiger charge is -2.33. The molecule has 2 aliphatic carbocycles. The maximum Gasteiger partial charge on any atom is -0.0209 e. The van der Waals surface area contributed by atoms with E-state index in [1.165, 1.54) is 38.5 Å². The zero-order valence-corrected chi connectivity index (χ0v) is 12.1. The summed E-state index contributed by atoms with van der Waals surface area (Å²) in [5.74, 6) is 1.01. The highest BCUT2D eigenvalue weighted by Gasteiger charge is 2.27. The van der Waals surface area contributed by atoms with Crippen molar-refractivity contribution >= 4 is 7.92 Å². The van der Waals surface area contributed by atoms with Crippen LogP contribution in [0.25, 0.3) is 0 Å². The predicted molar refractivity (Wildman–Crippen MR) is 75.8 cm³/mol. The summed E-state index contributed by atoms with van der Waals surface area (Å²) in [6.07, 6.45) is 15.4. The van der Waals surface area contributed by atoms with Gasteiger partial charge < -0.3 is 0 Å². The maximum atomic E-state index is 2.63. The third-order valence-electron chi connectivity index (χ3n) is 4.95. The molecule has 0 aromatic carbocycles. The standard InChI is InChI=1S/C15H29P/c1-13-7-6-10-15(12-11-13)16(2)14-8-4-3-5-9-14/h13-15H,3-12H2,1-2H3. The summed E-state index contributed by atoms with van der Waals surface area (Å²) in [5.41, 5.74) is 2.27. The van der Waals surface area contributed by atoms with Crippen molar-refractivity contribution < 1.29 is 0 Å². The van der Waals surface area contributed by atoms with Gasteiger partial charge in [-0.05, 0) is 49.6 Å². The Kier molecular flexibility index (Phi) is 5.14. The van der Waals surface area contributed by atoms with E-state index in [1.54, 1.807) is 25.7 Å². The molecule has 0 spiro atoms. The van der Waals surface area contributed by atoms with Crippen LogP contribution < -0.4 is 0 Å². The quantitative estimate of drug-likeness (QED) is 0.448. The van der Waals surface area contributed by atoms with Crippen molar-refractivity contribution in [3.63, 3.8) is 0 Å². The Morgan fingerprint density at radius 2 is 1.31 bits per heavy atom. The molecule has 3 unspecified atom stereocenters. The van der Waals surface area contributed by atoms with Gasteiger partial charge in [0.15, 0.2) is 0 Å². The van der Waals surface area contributed by atoms with E-state index in [0.717, 1.165) is 17.2 Å². The fourth-order valence-electron chi connectivity index (χ4n) is 3.66. The number of hydrogen-bond acceptors (Lipinski definition) is 0. The highest BCUT2D eigenvalue weighted by atomic mass is 31.1. The summed E-state index contributed by atoms with van der Waals surface area (Å²) in [6.45, 7) is 5.09. The topological polar surface area (TPSA) is 0 Å². The van der Waals surface area contributed by atoms with Crippen LogP contribution in [0.15, 0.2) is 0 Å². The largest absolute Gasteiger partial charge is 0.104 e. The Labute approximate surface area is 103 Å². The van der Waals surface area contributed by atoms with Gasteiger partial charge in [-0.3, -0.25) is 0 Å². The Balaban J connectivity index is 1.84. The van der Waals surface area contributed by atoms with E-state index in [0.29, 0.717) is 7.92 Å². The zero-order chi connectivity index (χ0) is 11.4. The second kappa shape index (κ2) is 6.39. The average molecular weight is 240 g/mol. The molecule has 3 atom stereocenters. The molecule has 0 aromatic heterocycles. The smallest absolute Gasteiger partial charge is 0.0209 e. The number of hydrogen-bond donors (Lipinski definition) is 0. The van der Waals surface area contributed by atoms with Gasteiger partial charge in [0, 0.05) is 0 Å². The van der Waals surface area contributed by atoms with E-state index >= 15 is 0 Å². The molecule has 94 valence electrons. The van der Waals surface area contributed by atoms with Crippen LogP contribution in [0, 0.1) is 5.92 Å². The van der Waals surface area contributed by atoms with Crippen LogP contribution in [0.5, 0.6) is 0 Å². The molecule has 0 aromatic rings. The molecular weight excluding hydrogens is 211 g/mol. The van der Waals surface area contributed by atoms with E-state index in [-0.39, 0.29) is 0 Å². The fourth-order valence-corrected chi connectivity index (χ4v) is 6.58. The Morgan fingerprint density at radius 1 is 0.688 bits per heavy atom. The minimum absolute atomic E-state index is 0.347. The molecule has 0 heterocycles. The first-order chi connectivity index (χ1) is 7.77. The summed E-state index contributed by atoms with van der Waals surface area (Å²) < 4.78 is 0. The highest BCUT2D eigenvalue weighted by molar-refractivity contribution is 7.58. The number of rotatable bonds is 2. The van der Waals surface area contributed by atoms with Gasteiger partial charge in [0.25, 0.3) is 0 Å².